The average Bonchev–Trinajstić information content (AvgIpc) is 3.07. The lowest BCUT2D eigenvalue weighted by Gasteiger charge is -2.09. The van der Waals surface area contributed by atoms with E-state index in [4.69, 9.17) is 0 Å². The molecular weight excluding hydrogens is 340 g/mol. The third-order valence-corrected chi connectivity index (χ3v) is 4.60. The van der Waals surface area contributed by atoms with E-state index in [0.717, 1.165) is 0 Å². The summed E-state index contributed by atoms with van der Waals surface area (Å²) >= 11 is 0. The van der Waals surface area contributed by atoms with Gasteiger partial charge in [0.1, 0.15) is 11.0 Å². The highest BCUT2D eigenvalue weighted by atomic mass is 16.2. The van der Waals surface area contributed by atoms with E-state index in [0.29, 0.717) is 27.9 Å². The quantitative estimate of drug-likeness (QED) is 0.530. The van der Waals surface area contributed by atoms with Crippen LogP contribution in [0, 0.1) is 0 Å². The smallest absolute Gasteiger partial charge is 0.284 e. The van der Waals surface area contributed by atoms with Crippen molar-refractivity contribution in [2.45, 2.75) is 0 Å². The van der Waals surface area contributed by atoms with Crippen molar-refractivity contribution in [3.8, 4) is 11.4 Å². The second kappa shape index (κ2) is 5.81. The fourth-order valence-electron chi connectivity index (χ4n) is 3.38. The summed E-state index contributed by atoms with van der Waals surface area (Å²) in [5, 5.41) is 3.92. The van der Waals surface area contributed by atoms with E-state index < -0.39 is 5.56 Å². The zero-order valence-electron chi connectivity index (χ0n) is 14.2. The molecule has 0 atom stereocenters. The lowest BCUT2D eigenvalue weighted by molar-refractivity contribution is 0.864. The molecule has 6 heteroatoms. The molecule has 1 N–H and O–H groups in total. The minimum absolute atomic E-state index is 0.114. The molecule has 130 valence electrons. The molecule has 0 unspecified atom stereocenters. The lowest BCUT2D eigenvalue weighted by Crippen LogP contribution is -2.25. The van der Waals surface area contributed by atoms with Crippen LogP contribution in [0.15, 0.2) is 88.6 Å². The van der Waals surface area contributed by atoms with Gasteiger partial charge >= 0.3 is 0 Å². The highest BCUT2D eigenvalue weighted by molar-refractivity contribution is 6.02. The third-order valence-electron chi connectivity index (χ3n) is 4.60. The van der Waals surface area contributed by atoms with Gasteiger partial charge in [-0.15, -0.1) is 0 Å². The number of aromatic nitrogens is 4. The van der Waals surface area contributed by atoms with Gasteiger partial charge in [-0.2, -0.15) is 0 Å². The fraction of sp³-hybridized carbons (Fsp3) is 0. The molecule has 0 amide bonds. The first-order chi connectivity index (χ1) is 13.3. The highest BCUT2D eigenvalue weighted by Crippen LogP contribution is 2.21. The number of H-pyrrole nitrogens is 1. The van der Waals surface area contributed by atoms with Crippen molar-refractivity contribution in [2.24, 2.45) is 0 Å². The number of para-hydroxylation sites is 2. The van der Waals surface area contributed by atoms with E-state index >= 15 is 0 Å². The van der Waals surface area contributed by atoms with Crippen LogP contribution in [-0.4, -0.2) is 19.3 Å². The maximum Gasteiger partial charge on any atom is 0.284 e. The predicted octanol–water partition coefficient (Wildman–Crippen LogP) is 3.02. The average molecular weight is 354 g/mol. The summed E-state index contributed by atoms with van der Waals surface area (Å²) < 4.78 is 2.88. The minimum atomic E-state index is -0.390. The molecule has 27 heavy (non-hydrogen) atoms. The molecule has 0 aliphatic carbocycles. The van der Waals surface area contributed by atoms with Crippen LogP contribution in [0.4, 0.5) is 0 Å². The van der Waals surface area contributed by atoms with Crippen molar-refractivity contribution < 1.29 is 0 Å². The Morgan fingerprint density at radius 1 is 0.741 bits per heavy atom. The molecule has 0 bridgehead atoms. The van der Waals surface area contributed by atoms with E-state index in [9.17, 15) is 9.59 Å². The molecule has 0 aliphatic rings. The van der Waals surface area contributed by atoms with Crippen molar-refractivity contribution in [1.82, 2.24) is 19.3 Å². The molecule has 5 aromatic rings. The number of benzene rings is 2. The summed E-state index contributed by atoms with van der Waals surface area (Å²) in [6, 6.07) is 22.0. The van der Waals surface area contributed by atoms with Gasteiger partial charge in [-0.25, -0.2) is 9.67 Å². The molecule has 5 rings (SSSR count). The number of fused-ring (bicyclic) bond motifs is 3. The van der Waals surface area contributed by atoms with E-state index in [1.54, 1.807) is 12.3 Å². The Kier molecular flexibility index (Phi) is 3.30. The SMILES string of the molecule is O=c1c2c(=O)n(-c3ccccc3)c3ncccc3c2[nH]n1-c1ccccc1. The van der Waals surface area contributed by atoms with Crippen LogP contribution < -0.4 is 11.1 Å². The Hall–Kier alpha value is -3.93. The second-order valence-electron chi connectivity index (χ2n) is 6.19. The Balaban J connectivity index is 1.98. The van der Waals surface area contributed by atoms with Crippen LogP contribution in [0.1, 0.15) is 0 Å². The van der Waals surface area contributed by atoms with Crippen LogP contribution in [0.25, 0.3) is 33.3 Å². The minimum Gasteiger partial charge on any atom is -0.289 e. The maximum atomic E-state index is 13.3. The van der Waals surface area contributed by atoms with E-state index in [1.807, 2.05) is 66.7 Å². The fourth-order valence-corrected chi connectivity index (χ4v) is 3.38. The number of rotatable bonds is 2. The Labute approximate surface area is 152 Å². The predicted molar refractivity (Wildman–Crippen MR) is 105 cm³/mol. The summed E-state index contributed by atoms with van der Waals surface area (Å²) in [5.74, 6) is 0. The Morgan fingerprint density at radius 3 is 2.11 bits per heavy atom. The van der Waals surface area contributed by atoms with Gasteiger partial charge in [0.15, 0.2) is 0 Å². The third kappa shape index (κ3) is 2.23. The number of hydrogen-bond acceptors (Lipinski definition) is 3. The highest BCUT2D eigenvalue weighted by Gasteiger charge is 2.19. The first kappa shape index (κ1) is 15.3. The normalized spacial score (nSPS) is 11.3. The van der Waals surface area contributed by atoms with Gasteiger partial charge in [-0.3, -0.25) is 19.3 Å². The monoisotopic (exact) mass is 354 g/mol. The van der Waals surface area contributed by atoms with Gasteiger partial charge in [0.05, 0.1) is 16.9 Å². The zero-order valence-corrected chi connectivity index (χ0v) is 14.2. The summed E-state index contributed by atoms with van der Waals surface area (Å²) in [5.41, 5.74) is 1.56. The number of pyridine rings is 2. The molecule has 0 saturated heterocycles. The molecule has 2 aromatic carbocycles. The van der Waals surface area contributed by atoms with E-state index in [2.05, 4.69) is 10.1 Å². The van der Waals surface area contributed by atoms with Gasteiger partial charge in [0.25, 0.3) is 11.1 Å². The summed E-state index contributed by atoms with van der Waals surface area (Å²) in [6.45, 7) is 0. The van der Waals surface area contributed by atoms with Crippen LogP contribution >= 0.6 is 0 Å². The number of nitrogens with zero attached hydrogens (tertiary/aromatic N) is 3. The van der Waals surface area contributed by atoms with Crippen LogP contribution in [0.2, 0.25) is 0 Å². The van der Waals surface area contributed by atoms with Gasteiger partial charge in [-0.05, 0) is 36.4 Å². The molecule has 0 aliphatic heterocycles. The first-order valence-electron chi connectivity index (χ1n) is 8.51. The van der Waals surface area contributed by atoms with Crippen LogP contribution in [0.5, 0.6) is 0 Å². The van der Waals surface area contributed by atoms with Crippen LogP contribution in [-0.2, 0) is 0 Å². The van der Waals surface area contributed by atoms with Crippen LogP contribution in [0.3, 0.4) is 0 Å². The summed E-state index contributed by atoms with van der Waals surface area (Å²) in [7, 11) is 0. The lowest BCUT2D eigenvalue weighted by atomic mass is 10.2. The van der Waals surface area contributed by atoms with Crippen molar-refractivity contribution in [1.29, 1.82) is 0 Å². The topological polar surface area (TPSA) is 72.7 Å². The van der Waals surface area contributed by atoms with Crippen molar-refractivity contribution >= 4 is 21.9 Å². The largest absolute Gasteiger partial charge is 0.289 e. The molecule has 0 spiro atoms. The van der Waals surface area contributed by atoms with Crippen molar-refractivity contribution in [3.05, 3.63) is 99.7 Å². The van der Waals surface area contributed by atoms with Gasteiger partial charge in [0, 0.05) is 11.6 Å². The number of nitrogens with one attached hydrogen (secondary N) is 1. The molecule has 3 heterocycles. The second-order valence-corrected chi connectivity index (χ2v) is 6.19. The number of aromatic amines is 1. The first-order valence-corrected chi connectivity index (χ1v) is 8.51. The maximum absolute atomic E-state index is 13.3. The molecule has 3 aromatic heterocycles. The molecule has 6 nitrogen and oxygen atoms in total. The summed E-state index contributed by atoms with van der Waals surface area (Å²) in [4.78, 5) is 30.8. The van der Waals surface area contributed by atoms with Crippen molar-refractivity contribution in [2.75, 3.05) is 0 Å². The molecule has 0 radical (unpaired) electrons. The zero-order chi connectivity index (χ0) is 18.4. The molecule has 0 fully saturated rings. The summed E-state index contributed by atoms with van der Waals surface area (Å²) in [6.07, 6.45) is 1.64. The van der Waals surface area contributed by atoms with Gasteiger partial charge < -0.3 is 0 Å². The molecule has 0 saturated carbocycles. The standard InChI is InChI=1S/C21H14N4O2/c26-20-17-18(23-25(21(17)27)15-10-5-2-6-11-15)16-12-7-13-22-19(16)24(20)14-8-3-1-4-9-14/h1-13,23H. The molecular formula is C21H14N4O2. The van der Waals surface area contributed by atoms with Gasteiger partial charge in [-0.1, -0.05) is 36.4 Å². The van der Waals surface area contributed by atoms with Crippen molar-refractivity contribution in [3.63, 3.8) is 0 Å². The number of hydrogen-bond donors (Lipinski definition) is 1. The Bertz CT molecular complexity index is 1400. The van der Waals surface area contributed by atoms with Gasteiger partial charge in [0.2, 0.25) is 0 Å². The van der Waals surface area contributed by atoms with E-state index in [1.165, 1.54) is 9.25 Å². The Morgan fingerprint density at radius 2 is 1.41 bits per heavy atom. The van der Waals surface area contributed by atoms with E-state index in [-0.39, 0.29) is 10.9 Å².